The molecule has 2 aromatic carbocycles. The second-order valence-corrected chi connectivity index (χ2v) is 6.39. The van der Waals surface area contributed by atoms with Crippen LogP contribution < -0.4 is 20.1 Å². The Bertz CT molecular complexity index is 1060. The molecule has 3 aromatic rings. The van der Waals surface area contributed by atoms with Gasteiger partial charge in [-0.3, -0.25) is 14.9 Å². The number of methoxy groups -OCH3 is 2. The second kappa shape index (κ2) is 7.63. The fraction of sp³-hybridized carbons (Fsp3) is 0.200. The van der Waals surface area contributed by atoms with Crippen molar-refractivity contribution in [1.82, 2.24) is 14.8 Å². The van der Waals surface area contributed by atoms with Gasteiger partial charge in [0, 0.05) is 5.56 Å². The van der Waals surface area contributed by atoms with E-state index in [9.17, 15) is 9.59 Å². The third kappa shape index (κ3) is 3.62. The van der Waals surface area contributed by atoms with Crippen LogP contribution >= 0.6 is 0 Å². The highest BCUT2D eigenvalue weighted by atomic mass is 16.5. The maximum Gasteiger partial charge on any atom is 0.252 e. The minimum Gasteiger partial charge on any atom is -0.497 e. The molecule has 2 heterocycles. The molecule has 1 aliphatic heterocycles. The predicted octanol–water partition coefficient (Wildman–Crippen LogP) is 2.48. The number of carbonyl (C=O) groups is 2. The number of benzene rings is 2. The van der Waals surface area contributed by atoms with Crippen molar-refractivity contribution >= 4 is 23.5 Å². The average molecular weight is 393 g/mol. The summed E-state index contributed by atoms with van der Waals surface area (Å²) in [5, 5.41) is 9.86. The van der Waals surface area contributed by atoms with Crippen molar-refractivity contribution in [1.29, 1.82) is 0 Å². The standard InChI is InChI=1S/C20H19N5O4/c1-28-13-9-7-12(8-10-13)18-22-20-23-19(27)15(25(20)24-18)11-17(26)21-14-5-3-4-6-16(14)29-2/h3-10,15H,11H2,1-2H3,(H,21,26)(H,22,23,24,27)/t15-/m1/s1. The molecule has 1 aromatic heterocycles. The fourth-order valence-electron chi connectivity index (χ4n) is 3.10. The number of nitrogens with zero attached hydrogens (tertiary/aromatic N) is 3. The topological polar surface area (TPSA) is 107 Å². The lowest BCUT2D eigenvalue weighted by molar-refractivity contribution is -0.123. The summed E-state index contributed by atoms with van der Waals surface area (Å²) in [5.74, 6) is 1.38. The van der Waals surface area contributed by atoms with Crippen LogP contribution in [0.25, 0.3) is 11.4 Å². The zero-order valence-corrected chi connectivity index (χ0v) is 15.9. The van der Waals surface area contributed by atoms with E-state index in [0.29, 0.717) is 23.2 Å². The van der Waals surface area contributed by atoms with Crippen molar-refractivity contribution < 1.29 is 19.1 Å². The molecule has 148 valence electrons. The van der Waals surface area contributed by atoms with Gasteiger partial charge in [-0.2, -0.15) is 4.98 Å². The second-order valence-electron chi connectivity index (χ2n) is 6.39. The van der Waals surface area contributed by atoms with Crippen molar-refractivity contribution in [2.24, 2.45) is 0 Å². The minimum absolute atomic E-state index is 0.0811. The van der Waals surface area contributed by atoms with Crippen molar-refractivity contribution in [2.75, 3.05) is 24.9 Å². The zero-order valence-electron chi connectivity index (χ0n) is 15.9. The van der Waals surface area contributed by atoms with Crippen LogP contribution in [-0.4, -0.2) is 40.8 Å². The number of aromatic nitrogens is 3. The largest absolute Gasteiger partial charge is 0.497 e. The third-order valence-corrected chi connectivity index (χ3v) is 4.57. The first kappa shape index (κ1) is 18.5. The van der Waals surface area contributed by atoms with Gasteiger partial charge in [0.1, 0.15) is 17.5 Å². The van der Waals surface area contributed by atoms with Gasteiger partial charge in [-0.25, -0.2) is 4.68 Å². The molecule has 9 nitrogen and oxygen atoms in total. The molecule has 0 saturated heterocycles. The summed E-state index contributed by atoms with van der Waals surface area (Å²) in [7, 11) is 3.12. The molecule has 29 heavy (non-hydrogen) atoms. The molecule has 2 N–H and O–H groups in total. The van der Waals surface area contributed by atoms with E-state index in [0.717, 1.165) is 11.3 Å². The summed E-state index contributed by atoms with van der Waals surface area (Å²) in [4.78, 5) is 29.2. The lowest BCUT2D eigenvalue weighted by Crippen LogP contribution is -2.24. The van der Waals surface area contributed by atoms with Crippen LogP contribution in [0.4, 0.5) is 11.6 Å². The summed E-state index contributed by atoms with van der Waals surface area (Å²) < 4.78 is 11.8. The number of hydrogen-bond donors (Lipinski definition) is 2. The molecule has 4 rings (SSSR count). The molecule has 9 heteroatoms. The van der Waals surface area contributed by atoms with E-state index in [4.69, 9.17) is 9.47 Å². The summed E-state index contributed by atoms with van der Waals surface area (Å²) in [6.45, 7) is 0. The lowest BCUT2D eigenvalue weighted by Gasteiger charge is -2.12. The predicted molar refractivity (Wildman–Crippen MR) is 106 cm³/mol. The Hall–Kier alpha value is -3.88. The van der Waals surface area contributed by atoms with Crippen LogP contribution in [0.2, 0.25) is 0 Å². The Labute approximate surface area is 166 Å². The lowest BCUT2D eigenvalue weighted by atomic mass is 10.2. The van der Waals surface area contributed by atoms with Gasteiger partial charge in [0.15, 0.2) is 5.82 Å². The Morgan fingerprint density at radius 1 is 1.14 bits per heavy atom. The molecule has 0 unspecified atom stereocenters. The van der Waals surface area contributed by atoms with Gasteiger partial charge in [0.05, 0.1) is 26.3 Å². The Kier molecular flexibility index (Phi) is 4.86. The first-order valence-electron chi connectivity index (χ1n) is 8.93. The number of hydrogen-bond acceptors (Lipinski definition) is 6. The van der Waals surface area contributed by atoms with Crippen molar-refractivity contribution in [3.63, 3.8) is 0 Å². The van der Waals surface area contributed by atoms with E-state index < -0.39 is 6.04 Å². The van der Waals surface area contributed by atoms with E-state index in [1.54, 1.807) is 43.5 Å². The number of amides is 2. The van der Waals surface area contributed by atoms with Crippen molar-refractivity contribution in [3.8, 4) is 22.9 Å². The highest BCUT2D eigenvalue weighted by Crippen LogP contribution is 2.30. The Balaban J connectivity index is 1.52. The van der Waals surface area contributed by atoms with Crippen LogP contribution in [-0.2, 0) is 9.59 Å². The number of ether oxygens (including phenoxy) is 2. The molecule has 0 aliphatic carbocycles. The van der Waals surface area contributed by atoms with Crippen LogP contribution in [0.15, 0.2) is 48.5 Å². The van der Waals surface area contributed by atoms with E-state index >= 15 is 0 Å². The number of nitrogens with one attached hydrogen (secondary N) is 2. The zero-order chi connectivity index (χ0) is 20.4. The van der Waals surface area contributed by atoms with Crippen LogP contribution in [0, 0.1) is 0 Å². The van der Waals surface area contributed by atoms with Crippen molar-refractivity contribution in [3.05, 3.63) is 48.5 Å². The molecule has 0 spiro atoms. The molecular formula is C20H19N5O4. The molecule has 0 radical (unpaired) electrons. The number of fused-ring (bicyclic) bond motifs is 1. The monoisotopic (exact) mass is 393 g/mol. The first-order valence-corrected chi connectivity index (χ1v) is 8.93. The van der Waals surface area contributed by atoms with Crippen LogP contribution in [0.1, 0.15) is 12.5 Å². The molecular weight excluding hydrogens is 374 g/mol. The molecule has 2 amide bonds. The van der Waals surface area contributed by atoms with Gasteiger partial charge in [-0.1, -0.05) is 12.1 Å². The summed E-state index contributed by atoms with van der Waals surface area (Å²) in [5.41, 5.74) is 1.32. The third-order valence-electron chi connectivity index (χ3n) is 4.57. The first-order chi connectivity index (χ1) is 14.1. The quantitative estimate of drug-likeness (QED) is 0.666. The van der Waals surface area contributed by atoms with Gasteiger partial charge >= 0.3 is 0 Å². The maximum atomic E-state index is 12.5. The van der Waals surface area contributed by atoms with E-state index in [1.165, 1.54) is 11.8 Å². The average Bonchev–Trinajstić information content (AvgIpc) is 3.27. The molecule has 0 bridgehead atoms. The van der Waals surface area contributed by atoms with Gasteiger partial charge in [0.25, 0.3) is 5.91 Å². The minimum atomic E-state index is -0.779. The van der Waals surface area contributed by atoms with E-state index in [2.05, 4.69) is 20.7 Å². The Morgan fingerprint density at radius 3 is 2.62 bits per heavy atom. The van der Waals surface area contributed by atoms with Crippen LogP contribution in [0.3, 0.4) is 0 Å². The smallest absolute Gasteiger partial charge is 0.252 e. The number of carbonyl (C=O) groups excluding carboxylic acids is 2. The normalized spacial score (nSPS) is 14.8. The number of anilines is 2. The maximum absolute atomic E-state index is 12.5. The number of para-hydroxylation sites is 2. The fourth-order valence-corrected chi connectivity index (χ4v) is 3.10. The van der Waals surface area contributed by atoms with Gasteiger partial charge < -0.3 is 14.8 Å². The van der Waals surface area contributed by atoms with Crippen molar-refractivity contribution in [2.45, 2.75) is 12.5 Å². The highest BCUT2D eigenvalue weighted by molar-refractivity contribution is 6.01. The summed E-state index contributed by atoms with van der Waals surface area (Å²) >= 11 is 0. The summed E-state index contributed by atoms with van der Waals surface area (Å²) in [6.07, 6.45) is -0.0811. The summed E-state index contributed by atoms with van der Waals surface area (Å²) in [6, 6.07) is 13.6. The highest BCUT2D eigenvalue weighted by Gasteiger charge is 2.35. The van der Waals surface area contributed by atoms with Crippen LogP contribution in [0.5, 0.6) is 11.5 Å². The van der Waals surface area contributed by atoms with Gasteiger partial charge in [0.2, 0.25) is 11.9 Å². The van der Waals surface area contributed by atoms with Gasteiger partial charge in [-0.15, -0.1) is 5.10 Å². The van der Waals surface area contributed by atoms with Gasteiger partial charge in [-0.05, 0) is 36.4 Å². The SMILES string of the molecule is COc1ccc(-c2nc3n(n2)[C@H](CC(=O)Nc2ccccc2OC)C(=O)N3)cc1. The number of rotatable bonds is 6. The van der Waals surface area contributed by atoms with E-state index in [-0.39, 0.29) is 18.2 Å². The van der Waals surface area contributed by atoms with E-state index in [1.807, 2.05) is 12.1 Å². The Morgan fingerprint density at radius 2 is 1.90 bits per heavy atom. The molecule has 0 fully saturated rings. The molecule has 1 aliphatic rings. The molecule has 1 atom stereocenters. The molecule has 0 saturated carbocycles.